The summed E-state index contributed by atoms with van der Waals surface area (Å²) in [7, 11) is 0. The summed E-state index contributed by atoms with van der Waals surface area (Å²) >= 11 is 5.93. The molecule has 6 heteroatoms. The van der Waals surface area contributed by atoms with Gasteiger partial charge in [0.05, 0.1) is 17.2 Å². The predicted molar refractivity (Wildman–Crippen MR) is 82.5 cm³/mol. The number of nitrogens with one attached hydrogen (secondary N) is 1. The number of hydrogen-bond acceptors (Lipinski definition) is 4. The van der Waals surface area contributed by atoms with Crippen molar-refractivity contribution in [1.29, 1.82) is 0 Å². The van der Waals surface area contributed by atoms with Crippen molar-refractivity contribution in [3.63, 3.8) is 0 Å². The van der Waals surface area contributed by atoms with Gasteiger partial charge in [-0.15, -0.1) is 0 Å². The van der Waals surface area contributed by atoms with Crippen molar-refractivity contribution in [3.8, 4) is 0 Å². The van der Waals surface area contributed by atoms with Crippen LogP contribution in [0.25, 0.3) is 0 Å². The Balaban J connectivity index is 1.72. The molecule has 1 aliphatic rings. The molecule has 0 aliphatic carbocycles. The predicted octanol–water partition coefficient (Wildman–Crippen LogP) is 1.70. The second-order valence-electron chi connectivity index (χ2n) is 5.33. The molecule has 1 atom stereocenters. The van der Waals surface area contributed by atoms with Gasteiger partial charge < -0.3 is 10.4 Å². The molecule has 21 heavy (non-hydrogen) atoms. The van der Waals surface area contributed by atoms with E-state index in [1.54, 1.807) is 12.3 Å². The lowest BCUT2D eigenvalue weighted by Crippen LogP contribution is -2.43. The Hall–Kier alpha value is -1.17. The molecule has 2 N–H and O–H groups in total. The number of carbonyl (C=O) groups excluding carboxylic acids is 1. The first-order chi connectivity index (χ1) is 10.2. The van der Waals surface area contributed by atoms with E-state index in [1.165, 1.54) is 19.0 Å². The van der Waals surface area contributed by atoms with E-state index in [-0.39, 0.29) is 18.6 Å². The minimum absolute atomic E-state index is 0.167. The van der Waals surface area contributed by atoms with Crippen LogP contribution in [0.1, 0.15) is 36.0 Å². The number of aromatic nitrogens is 1. The average Bonchev–Trinajstić information content (AvgIpc) is 2.52. The summed E-state index contributed by atoms with van der Waals surface area (Å²) in [6, 6.07) is 1.90. The molecule has 0 bridgehead atoms. The molecule has 1 aliphatic heterocycles. The van der Waals surface area contributed by atoms with Gasteiger partial charge in [-0.3, -0.25) is 14.7 Å². The number of piperidine rings is 1. The van der Waals surface area contributed by atoms with Gasteiger partial charge in [-0.2, -0.15) is 0 Å². The molecule has 1 fully saturated rings. The Morgan fingerprint density at radius 2 is 2.38 bits per heavy atom. The average molecular weight is 312 g/mol. The lowest BCUT2D eigenvalue weighted by molar-refractivity contribution is 0.0868. The smallest absolute Gasteiger partial charge is 0.252 e. The molecular weight excluding hydrogens is 290 g/mol. The van der Waals surface area contributed by atoms with Crippen molar-refractivity contribution in [2.24, 2.45) is 0 Å². The first-order valence-electron chi connectivity index (χ1n) is 7.45. The number of likely N-dealkylation sites (tertiary alicyclic amines) is 1. The first-order valence-corrected chi connectivity index (χ1v) is 7.83. The maximum Gasteiger partial charge on any atom is 0.252 e. The highest BCUT2D eigenvalue weighted by Crippen LogP contribution is 2.16. The van der Waals surface area contributed by atoms with Crippen LogP contribution in [0, 0.1) is 0 Å². The van der Waals surface area contributed by atoms with E-state index in [0.717, 1.165) is 25.9 Å². The van der Waals surface area contributed by atoms with Crippen LogP contribution in [0.4, 0.5) is 0 Å². The highest BCUT2D eigenvalue weighted by Gasteiger charge is 2.20. The van der Waals surface area contributed by atoms with Gasteiger partial charge in [-0.25, -0.2) is 0 Å². The van der Waals surface area contributed by atoms with Crippen LogP contribution in [0.5, 0.6) is 0 Å². The molecule has 2 heterocycles. The van der Waals surface area contributed by atoms with Crippen molar-refractivity contribution in [2.45, 2.75) is 31.7 Å². The standard InChI is InChI=1S/C15H22ClN3O2/c16-14-10-17-7-5-13(14)15(21)18-6-3-9-19-8-2-1-4-12(19)11-20/h5,7,10,12,20H,1-4,6,8-9,11H2,(H,18,21)/t12-/m0/s1. The quantitative estimate of drug-likeness (QED) is 0.785. The van der Waals surface area contributed by atoms with E-state index in [1.807, 2.05) is 0 Å². The number of halogens is 1. The number of amides is 1. The van der Waals surface area contributed by atoms with Crippen LogP contribution in [-0.4, -0.2) is 53.2 Å². The summed E-state index contributed by atoms with van der Waals surface area (Å²) in [6.07, 6.45) is 7.34. The zero-order valence-corrected chi connectivity index (χ0v) is 12.9. The third-order valence-electron chi connectivity index (χ3n) is 3.88. The number of pyridine rings is 1. The SMILES string of the molecule is O=C(NCCCN1CCCC[C@H]1CO)c1ccncc1Cl. The largest absolute Gasteiger partial charge is 0.395 e. The molecule has 0 saturated carbocycles. The molecule has 0 aromatic carbocycles. The Morgan fingerprint density at radius 3 is 3.14 bits per heavy atom. The Morgan fingerprint density at radius 1 is 1.52 bits per heavy atom. The van der Waals surface area contributed by atoms with Crippen molar-refractivity contribution in [2.75, 3.05) is 26.2 Å². The first kappa shape index (κ1) is 16.2. The van der Waals surface area contributed by atoms with Gasteiger partial charge in [-0.05, 0) is 31.9 Å². The zero-order chi connectivity index (χ0) is 15.1. The molecule has 5 nitrogen and oxygen atoms in total. The lowest BCUT2D eigenvalue weighted by Gasteiger charge is -2.34. The van der Waals surface area contributed by atoms with Gasteiger partial charge in [0, 0.05) is 31.5 Å². The normalized spacial score (nSPS) is 19.4. The molecule has 2 rings (SSSR count). The number of rotatable bonds is 6. The summed E-state index contributed by atoms with van der Waals surface area (Å²) in [4.78, 5) is 18.1. The summed E-state index contributed by atoms with van der Waals surface area (Å²) in [5.74, 6) is -0.167. The number of carbonyl (C=O) groups is 1. The molecule has 1 amide bonds. The summed E-state index contributed by atoms with van der Waals surface area (Å²) < 4.78 is 0. The van der Waals surface area contributed by atoms with Crippen LogP contribution >= 0.6 is 11.6 Å². The number of hydrogen-bond donors (Lipinski definition) is 2. The molecule has 0 radical (unpaired) electrons. The van der Waals surface area contributed by atoms with Gasteiger partial charge in [-0.1, -0.05) is 18.0 Å². The van der Waals surface area contributed by atoms with Gasteiger partial charge >= 0.3 is 0 Å². The van der Waals surface area contributed by atoms with Crippen LogP contribution in [0.15, 0.2) is 18.5 Å². The molecular formula is C15H22ClN3O2. The van der Waals surface area contributed by atoms with Crippen LogP contribution < -0.4 is 5.32 Å². The van der Waals surface area contributed by atoms with Gasteiger partial charge in [0.1, 0.15) is 0 Å². The second-order valence-corrected chi connectivity index (χ2v) is 5.74. The van der Waals surface area contributed by atoms with E-state index in [0.29, 0.717) is 17.1 Å². The van der Waals surface area contributed by atoms with Crippen LogP contribution in [0.2, 0.25) is 5.02 Å². The fourth-order valence-electron chi connectivity index (χ4n) is 2.70. The van der Waals surface area contributed by atoms with Crippen molar-refractivity contribution >= 4 is 17.5 Å². The Labute approximate surface area is 130 Å². The highest BCUT2D eigenvalue weighted by molar-refractivity contribution is 6.33. The number of aliphatic hydroxyl groups is 1. The zero-order valence-electron chi connectivity index (χ0n) is 12.1. The highest BCUT2D eigenvalue weighted by atomic mass is 35.5. The van der Waals surface area contributed by atoms with E-state index in [2.05, 4.69) is 15.2 Å². The van der Waals surface area contributed by atoms with Crippen molar-refractivity contribution < 1.29 is 9.90 Å². The second kappa shape index (κ2) is 8.32. The molecule has 116 valence electrons. The fraction of sp³-hybridized carbons (Fsp3) is 0.600. The molecule has 0 unspecified atom stereocenters. The van der Waals surface area contributed by atoms with E-state index < -0.39 is 0 Å². The van der Waals surface area contributed by atoms with E-state index in [4.69, 9.17) is 11.6 Å². The van der Waals surface area contributed by atoms with E-state index in [9.17, 15) is 9.90 Å². The number of aliphatic hydroxyl groups excluding tert-OH is 1. The minimum atomic E-state index is -0.167. The van der Waals surface area contributed by atoms with Crippen molar-refractivity contribution in [3.05, 3.63) is 29.0 Å². The molecule has 1 saturated heterocycles. The Bertz CT molecular complexity index is 470. The number of nitrogens with zero attached hydrogens (tertiary/aromatic N) is 2. The summed E-state index contributed by atoms with van der Waals surface area (Å²) in [6.45, 7) is 2.76. The van der Waals surface area contributed by atoms with Crippen molar-refractivity contribution in [1.82, 2.24) is 15.2 Å². The molecule has 0 spiro atoms. The maximum atomic E-state index is 12.0. The Kier molecular flexibility index (Phi) is 6.42. The third kappa shape index (κ3) is 4.66. The van der Waals surface area contributed by atoms with E-state index >= 15 is 0 Å². The molecule has 1 aromatic rings. The lowest BCUT2D eigenvalue weighted by atomic mass is 10.0. The molecule has 1 aromatic heterocycles. The fourth-order valence-corrected chi connectivity index (χ4v) is 2.90. The topological polar surface area (TPSA) is 65.5 Å². The van der Waals surface area contributed by atoms with Gasteiger partial charge in [0.2, 0.25) is 0 Å². The van der Waals surface area contributed by atoms with Crippen LogP contribution in [0.3, 0.4) is 0 Å². The summed E-state index contributed by atoms with van der Waals surface area (Å²) in [5, 5.41) is 12.6. The van der Waals surface area contributed by atoms with Gasteiger partial charge in [0.15, 0.2) is 0 Å². The minimum Gasteiger partial charge on any atom is -0.395 e. The third-order valence-corrected chi connectivity index (χ3v) is 4.19. The summed E-state index contributed by atoms with van der Waals surface area (Å²) in [5.41, 5.74) is 0.456. The maximum absolute atomic E-state index is 12.0. The van der Waals surface area contributed by atoms with Crippen LogP contribution in [-0.2, 0) is 0 Å². The monoisotopic (exact) mass is 311 g/mol. The van der Waals surface area contributed by atoms with Gasteiger partial charge in [0.25, 0.3) is 5.91 Å².